The van der Waals surface area contributed by atoms with Crippen molar-refractivity contribution in [1.82, 2.24) is 4.98 Å². The van der Waals surface area contributed by atoms with Gasteiger partial charge in [0.1, 0.15) is 10.5 Å². The molecule has 0 aliphatic heterocycles. The second kappa shape index (κ2) is 3.55. The van der Waals surface area contributed by atoms with E-state index >= 15 is 0 Å². The lowest BCUT2D eigenvalue weighted by molar-refractivity contribution is 0.424. The van der Waals surface area contributed by atoms with Gasteiger partial charge in [-0.3, -0.25) is 0 Å². The van der Waals surface area contributed by atoms with Gasteiger partial charge in [0, 0.05) is 6.26 Å². The standard InChI is InChI=1S/C8H12ClNO3S/c1-8(2,14(3,11)12)6-5-10-7(4-9)13-6/h5H,4H2,1-3H3. The molecule has 6 heteroatoms. The van der Waals surface area contributed by atoms with Crippen LogP contribution in [0, 0.1) is 0 Å². The monoisotopic (exact) mass is 237 g/mol. The number of oxazole rings is 1. The molecule has 1 rings (SSSR count). The van der Waals surface area contributed by atoms with Crippen molar-refractivity contribution in [2.75, 3.05) is 6.26 Å². The Balaban J connectivity index is 3.17. The largest absolute Gasteiger partial charge is 0.443 e. The van der Waals surface area contributed by atoms with Crippen LogP contribution in [0.25, 0.3) is 0 Å². The second-order valence-electron chi connectivity index (χ2n) is 3.53. The van der Waals surface area contributed by atoms with E-state index in [2.05, 4.69) is 4.98 Å². The highest BCUT2D eigenvalue weighted by atomic mass is 35.5. The van der Waals surface area contributed by atoms with E-state index in [9.17, 15) is 8.42 Å². The van der Waals surface area contributed by atoms with Crippen LogP contribution in [0.1, 0.15) is 25.5 Å². The Labute approximate surface area is 88.2 Å². The number of rotatable bonds is 3. The molecule has 0 bridgehead atoms. The van der Waals surface area contributed by atoms with E-state index in [0.29, 0.717) is 11.7 Å². The summed E-state index contributed by atoms with van der Waals surface area (Å²) in [5, 5.41) is 0. The van der Waals surface area contributed by atoms with Crippen molar-refractivity contribution in [3.05, 3.63) is 17.8 Å². The molecule has 0 fully saturated rings. The van der Waals surface area contributed by atoms with E-state index in [0.717, 1.165) is 6.26 Å². The summed E-state index contributed by atoms with van der Waals surface area (Å²) in [5.41, 5.74) is 0. The summed E-state index contributed by atoms with van der Waals surface area (Å²) in [4.78, 5) is 3.85. The molecule has 0 N–H and O–H groups in total. The third-order valence-electron chi connectivity index (χ3n) is 2.19. The van der Waals surface area contributed by atoms with Gasteiger partial charge in [-0.2, -0.15) is 0 Å². The summed E-state index contributed by atoms with van der Waals surface area (Å²) in [6.07, 6.45) is 2.56. The summed E-state index contributed by atoms with van der Waals surface area (Å²) >= 11 is 5.50. The van der Waals surface area contributed by atoms with Crippen LogP contribution in [-0.2, 0) is 20.5 Å². The maximum Gasteiger partial charge on any atom is 0.209 e. The Morgan fingerprint density at radius 3 is 2.50 bits per heavy atom. The minimum atomic E-state index is -3.23. The molecule has 0 saturated carbocycles. The van der Waals surface area contributed by atoms with Gasteiger partial charge in [0.15, 0.2) is 9.84 Å². The Morgan fingerprint density at radius 2 is 2.14 bits per heavy atom. The Hall–Kier alpha value is -0.550. The summed E-state index contributed by atoms with van der Waals surface area (Å²) in [6, 6.07) is 0. The first kappa shape index (κ1) is 11.5. The first-order valence-corrected chi connectivity index (χ1v) is 6.42. The first-order valence-electron chi connectivity index (χ1n) is 4.00. The summed E-state index contributed by atoms with van der Waals surface area (Å²) in [7, 11) is -3.23. The zero-order chi connectivity index (χ0) is 11.0. The predicted octanol–water partition coefficient (Wildman–Crippen LogP) is 1.69. The minimum Gasteiger partial charge on any atom is -0.443 e. The molecule has 0 amide bonds. The number of aromatic nitrogens is 1. The number of nitrogens with zero attached hydrogens (tertiary/aromatic N) is 1. The van der Waals surface area contributed by atoms with Gasteiger partial charge in [0.05, 0.1) is 12.1 Å². The maximum absolute atomic E-state index is 11.4. The smallest absolute Gasteiger partial charge is 0.209 e. The van der Waals surface area contributed by atoms with E-state index in [4.69, 9.17) is 16.0 Å². The van der Waals surface area contributed by atoms with Crippen molar-refractivity contribution in [3.8, 4) is 0 Å². The zero-order valence-electron chi connectivity index (χ0n) is 8.24. The number of alkyl halides is 1. The van der Waals surface area contributed by atoms with Gasteiger partial charge in [0.25, 0.3) is 0 Å². The Bertz CT molecular complexity index is 422. The average molecular weight is 238 g/mol. The van der Waals surface area contributed by atoms with E-state index < -0.39 is 14.6 Å². The minimum absolute atomic E-state index is 0.139. The molecule has 1 heterocycles. The molecular formula is C8H12ClNO3S. The van der Waals surface area contributed by atoms with Crippen molar-refractivity contribution >= 4 is 21.4 Å². The van der Waals surface area contributed by atoms with Gasteiger partial charge < -0.3 is 4.42 Å². The van der Waals surface area contributed by atoms with Crippen LogP contribution < -0.4 is 0 Å². The van der Waals surface area contributed by atoms with Gasteiger partial charge in [0.2, 0.25) is 5.89 Å². The van der Waals surface area contributed by atoms with Crippen LogP contribution in [0.5, 0.6) is 0 Å². The first-order chi connectivity index (χ1) is 6.29. The Kier molecular flexibility index (Phi) is 2.92. The predicted molar refractivity (Wildman–Crippen MR) is 53.9 cm³/mol. The number of hydrogen-bond acceptors (Lipinski definition) is 4. The van der Waals surface area contributed by atoms with E-state index in [1.54, 1.807) is 13.8 Å². The zero-order valence-corrected chi connectivity index (χ0v) is 9.82. The van der Waals surface area contributed by atoms with Gasteiger partial charge in [-0.15, -0.1) is 11.6 Å². The fraction of sp³-hybridized carbons (Fsp3) is 0.625. The lowest BCUT2D eigenvalue weighted by atomic mass is 10.2. The highest BCUT2D eigenvalue weighted by molar-refractivity contribution is 7.91. The van der Waals surface area contributed by atoms with Gasteiger partial charge in [-0.1, -0.05) is 0 Å². The Morgan fingerprint density at radius 1 is 1.57 bits per heavy atom. The molecule has 1 aromatic rings. The van der Waals surface area contributed by atoms with Gasteiger partial charge in [-0.25, -0.2) is 13.4 Å². The molecule has 0 radical (unpaired) electrons. The highest BCUT2D eigenvalue weighted by Crippen LogP contribution is 2.29. The maximum atomic E-state index is 11.4. The van der Waals surface area contributed by atoms with Crippen LogP contribution in [0.3, 0.4) is 0 Å². The van der Waals surface area contributed by atoms with Crippen LogP contribution in [0.15, 0.2) is 10.6 Å². The topological polar surface area (TPSA) is 60.2 Å². The molecule has 0 aliphatic rings. The van der Waals surface area contributed by atoms with E-state index in [-0.39, 0.29) is 5.88 Å². The average Bonchev–Trinajstić information content (AvgIpc) is 2.49. The molecule has 0 atom stereocenters. The number of hydrogen-bond donors (Lipinski definition) is 0. The highest BCUT2D eigenvalue weighted by Gasteiger charge is 2.36. The number of sulfone groups is 1. The van der Waals surface area contributed by atoms with Crippen molar-refractivity contribution in [2.24, 2.45) is 0 Å². The summed E-state index contributed by atoms with van der Waals surface area (Å²) in [5.74, 6) is 0.786. The van der Waals surface area contributed by atoms with Crippen molar-refractivity contribution in [1.29, 1.82) is 0 Å². The van der Waals surface area contributed by atoms with Crippen LogP contribution in [0.4, 0.5) is 0 Å². The summed E-state index contributed by atoms with van der Waals surface area (Å²) < 4.78 is 27.0. The van der Waals surface area contributed by atoms with Crippen LogP contribution in [-0.4, -0.2) is 19.7 Å². The van der Waals surface area contributed by atoms with Gasteiger partial charge in [-0.05, 0) is 13.8 Å². The number of halogens is 1. The summed E-state index contributed by atoms with van der Waals surface area (Å²) in [6.45, 7) is 3.14. The SMILES string of the molecule is CC(C)(c1cnc(CCl)o1)S(C)(=O)=O. The molecule has 0 saturated heterocycles. The molecule has 0 unspecified atom stereocenters. The molecule has 14 heavy (non-hydrogen) atoms. The quantitative estimate of drug-likeness (QED) is 0.751. The lowest BCUT2D eigenvalue weighted by Gasteiger charge is -2.18. The third-order valence-corrected chi connectivity index (χ3v) is 4.47. The molecular weight excluding hydrogens is 226 g/mol. The fourth-order valence-corrected chi connectivity index (χ4v) is 1.42. The van der Waals surface area contributed by atoms with E-state index in [1.165, 1.54) is 6.20 Å². The van der Waals surface area contributed by atoms with Crippen molar-refractivity contribution in [3.63, 3.8) is 0 Å². The molecule has 1 aromatic heterocycles. The lowest BCUT2D eigenvalue weighted by Crippen LogP contribution is -2.27. The second-order valence-corrected chi connectivity index (χ2v) is 6.37. The normalized spacial score (nSPS) is 13.1. The molecule has 0 spiro atoms. The third kappa shape index (κ3) is 1.93. The molecule has 0 aliphatic carbocycles. The fourth-order valence-electron chi connectivity index (χ4n) is 0.833. The van der Waals surface area contributed by atoms with Crippen molar-refractivity contribution < 1.29 is 12.8 Å². The molecule has 4 nitrogen and oxygen atoms in total. The van der Waals surface area contributed by atoms with Crippen molar-refractivity contribution in [2.45, 2.75) is 24.5 Å². The van der Waals surface area contributed by atoms with Gasteiger partial charge >= 0.3 is 0 Å². The van der Waals surface area contributed by atoms with E-state index in [1.807, 2.05) is 0 Å². The molecule has 80 valence electrons. The molecule has 0 aromatic carbocycles. The van der Waals surface area contributed by atoms with Crippen LogP contribution >= 0.6 is 11.6 Å². The van der Waals surface area contributed by atoms with Crippen LogP contribution in [0.2, 0.25) is 0 Å².